The Balaban J connectivity index is 2.80. The van der Waals surface area contributed by atoms with E-state index in [1.54, 1.807) is 39.0 Å². The van der Waals surface area contributed by atoms with Crippen LogP contribution in [0.25, 0.3) is 0 Å². The number of hydrogen-bond donors (Lipinski definition) is 3. The van der Waals surface area contributed by atoms with E-state index in [1.165, 1.54) is 0 Å². The summed E-state index contributed by atoms with van der Waals surface area (Å²) in [5.41, 5.74) is 0.0214. The quantitative estimate of drug-likeness (QED) is 0.711. The van der Waals surface area contributed by atoms with Crippen molar-refractivity contribution in [3.05, 3.63) is 33.8 Å². The summed E-state index contributed by atoms with van der Waals surface area (Å²) >= 11 is 11.8. The lowest BCUT2D eigenvalue weighted by atomic mass is 9.86. The van der Waals surface area contributed by atoms with E-state index < -0.39 is 35.8 Å². The zero-order valence-corrected chi connectivity index (χ0v) is 15.2. The van der Waals surface area contributed by atoms with E-state index in [0.29, 0.717) is 15.6 Å². The number of carbonyl (C=O) groups is 3. The summed E-state index contributed by atoms with van der Waals surface area (Å²) in [7, 11) is 0. The van der Waals surface area contributed by atoms with Gasteiger partial charge in [0.2, 0.25) is 11.8 Å². The third-order valence-corrected chi connectivity index (χ3v) is 3.57. The third-order valence-electron chi connectivity index (χ3n) is 3.13. The minimum Gasteiger partial charge on any atom is -0.480 e. The van der Waals surface area contributed by atoms with Crippen molar-refractivity contribution in [2.45, 2.75) is 33.2 Å². The molecule has 132 valence electrons. The first-order valence-corrected chi connectivity index (χ1v) is 7.98. The van der Waals surface area contributed by atoms with Gasteiger partial charge in [-0.3, -0.25) is 14.4 Å². The molecule has 0 spiro atoms. The average Bonchev–Trinajstić information content (AvgIpc) is 2.39. The van der Waals surface area contributed by atoms with Gasteiger partial charge in [-0.25, -0.2) is 0 Å². The molecular weight excluding hydrogens is 355 g/mol. The molecule has 0 heterocycles. The molecule has 1 aromatic rings. The van der Waals surface area contributed by atoms with Crippen LogP contribution in [0.1, 0.15) is 26.3 Å². The molecule has 0 fully saturated rings. The summed E-state index contributed by atoms with van der Waals surface area (Å²) in [6, 6.07) is 3.91. The highest BCUT2D eigenvalue weighted by Gasteiger charge is 2.32. The van der Waals surface area contributed by atoms with Crippen molar-refractivity contribution in [2.75, 3.05) is 6.54 Å². The molecule has 3 N–H and O–H groups in total. The number of benzene rings is 1. The van der Waals surface area contributed by atoms with E-state index in [9.17, 15) is 14.4 Å². The van der Waals surface area contributed by atoms with Gasteiger partial charge in [-0.15, -0.1) is 0 Å². The summed E-state index contributed by atoms with van der Waals surface area (Å²) < 4.78 is 0. The zero-order chi connectivity index (χ0) is 18.5. The summed E-state index contributed by atoms with van der Waals surface area (Å²) in [5.74, 6) is -2.10. The Morgan fingerprint density at radius 1 is 1.12 bits per heavy atom. The molecule has 0 aliphatic heterocycles. The molecule has 0 bridgehead atoms. The van der Waals surface area contributed by atoms with E-state index in [1.807, 2.05) is 0 Å². The number of amides is 2. The van der Waals surface area contributed by atoms with Gasteiger partial charge >= 0.3 is 5.97 Å². The van der Waals surface area contributed by atoms with Gasteiger partial charge in [-0.2, -0.15) is 0 Å². The van der Waals surface area contributed by atoms with Crippen LogP contribution in [-0.4, -0.2) is 35.5 Å². The molecule has 0 aliphatic carbocycles. The van der Waals surface area contributed by atoms with Crippen molar-refractivity contribution in [1.82, 2.24) is 10.6 Å². The van der Waals surface area contributed by atoms with Gasteiger partial charge in [0.25, 0.3) is 0 Å². The lowest BCUT2D eigenvalue weighted by Gasteiger charge is -2.30. The molecule has 0 saturated heterocycles. The monoisotopic (exact) mass is 374 g/mol. The Morgan fingerprint density at radius 2 is 1.67 bits per heavy atom. The van der Waals surface area contributed by atoms with E-state index in [-0.39, 0.29) is 6.42 Å². The third kappa shape index (κ3) is 6.76. The molecule has 2 amide bonds. The molecule has 0 aromatic heterocycles. The maximum Gasteiger partial charge on any atom is 0.322 e. The summed E-state index contributed by atoms with van der Waals surface area (Å²) in [6.45, 7) is 4.81. The number of aliphatic carboxylic acids is 1. The molecule has 0 saturated carbocycles. The number of carboxylic acid groups (broad SMARTS) is 1. The minimum absolute atomic E-state index is 0.000922. The molecule has 0 radical (unpaired) electrons. The fourth-order valence-corrected chi connectivity index (χ4v) is 2.62. The van der Waals surface area contributed by atoms with Crippen LogP contribution in [0.5, 0.6) is 0 Å². The normalized spacial score (nSPS) is 12.4. The van der Waals surface area contributed by atoms with E-state index in [2.05, 4.69) is 10.6 Å². The first-order valence-electron chi connectivity index (χ1n) is 7.23. The second kappa shape index (κ2) is 8.35. The number of carboxylic acids is 1. The lowest BCUT2D eigenvalue weighted by Crippen LogP contribution is -2.54. The molecule has 0 unspecified atom stereocenters. The van der Waals surface area contributed by atoms with Crippen LogP contribution in [0.2, 0.25) is 10.0 Å². The van der Waals surface area contributed by atoms with Gasteiger partial charge < -0.3 is 15.7 Å². The second-order valence-corrected chi connectivity index (χ2v) is 7.31. The van der Waals surface area contributed by atoms with Crippen LogP contribution in [0.3, 0.4) is 0 Å². The molecule has 24 heavy (non-hydrogen) atoms. The summed E-state index contributed by atoms with van der Waals surface area (Å²) in [4.78, 5) is 35.0. The minimum atomic E-state index is -1.16. The molecule has 1 atom stereocenters. The summed E-state index contributed by atoms with van der Waals surface area (Å²) in [5, 5.41) is 14.4. The Hall–Kier alpha value is -1.79. The SMILES string of the molecule is CC(C)(C)[C@H](NC(=O)Cc1cc(Cl)cc(Cl)c1)C(=O)NCC(=O)O. The van der Waals surface area contributed by atoms with Crippen molar-refractivity contribution < 1.29 is 19.5 Å². The summed E-state index contributed by atoms with van der Waals surface area (Å²) in [6.07, 6.45) is -0.000922. The molecule has 1 rings (SSSR count). The van der Waals surface area contributed by atoms with Crippen LogP contribution < -0.4 is 10.6 Å². The predicted molar refractivity (Wildman–Crippen MR) is 92.2 cm³/mol. The number of rotatable bonds is 6. The van der Waals surface area contributed by atoms with E-state index >= 15 is 0 Å². The van der Waals surface area contributed by atoms with Crippen LogP contribution in [0.4, 0.5) is 0 Å². The topological polar surface area (TPSA) is 95.5 Å². The van der Waals surface area contributed by atoms with Crippen LogP contribution in [0, 0.1) is 5.41 Å². The molecular formula is C16H20Cl2N2O4. The Morgan fingerprint density at radius 3 is 2.12 bits per heavy atom. The Bertz CT molecular complexity index is 621. The zero-order valence-electron chi connectivity index (χ0n) is 13.7. The molecule has 6 nitrogen and oxygen atoms in total. The van der Waals surface area contributed by atoms with Gasteiger partial charge in [0.05, 0.1) is 6.42 Å². The fourth-order valence-electron chi connectivity index (χ4n) is 2.05. The molecule has 8 heteroatoms. The average molecular weight is 375 g/mol. The number of nitrogens with one attached hydrogen (secondary N) is 2. The van der Waals surface area contributed by atoms with Gasteiger partial charge in [0.15, 0.2) is 0 Å². The van der Waals surface area contributed by atoms with Crippen LogP contribution >= 0.6 is 23.2 Å². The fraction of sp³-hybridized carbons (Fsp3) is 0.438. The highest BCUT2D eigenvalue weighted by molar-refractivity contribution is 6.34. The largest absolute Gasteiger partial charge is 0.480 e. The first kappa shape index (κ1) is 20.3. The lowest BCUT2D eigenvalue weighted by molar-refractivity contribution is -0.139. The van der Waals surface area contributed by atoms with Gasteiger partial charge in [0, 0.05) is 10.0 Å². The smallest absolute Gasteiger partial charge is 0.322 e. The van der Waals surface area contributed by atoms with Gasteiger partial charge in [0.1, 0.15) is 12.6 Å². The number of halogens is 2. The van der Waals surface area contributed by atoms with Gasteiger partial charge in [-0.1, -0.05) is 44.0 Å². The van der Waals surface area contributed by atoms with E-state index in [0.717, 1.165) is 0 Å². The highest BCUT2D eigenvalue weighted by atomic mass is 35.5. The Kier molecular flexibility index (Phi) is 7.05. The van der Waals surface area contributed by atoms with Gasteiger partial charge in [-0.05, 0) is 29.2 Å². The van der Waals surface area contributed by atoms with Crippen LogP contribution in [0.15, 0.2) is 18.2 Å². The Labute approximate surface area is 150 Å². The maximum absolute atomic E-state index is 12.2. The molecule has 0 aliphatic rings. The highest BCUT2D eigenvalue weighted by Crippen LogP contribution is 2.21. The standard InChI is InChI=1S/C16H20Cl2N2O4/c1-16(2,3)14(15(24)19-8-13(22)23)20-12(21)6-9-4-10(17)7-11(18)5-9/h4-5,7,14H,6,8H2,1-3H3,(H,19,24)(H,20,21)(H,22,23)/t14-/m1/s1. The van der Waals surface area contributed by atoms with Crippen molar-refractivity contribution in [1.29, 1.82) is 0 Å². The molecule has 1 aromatic carbocycles. The van der Waals surface area contributed by atoms with Crippen molar-refractivity contribution in [2.24, 2.45) is 5.41 Å². The van der Waals surface area contributed by atoms with Crippen molar-refractivity contribution >= 4 is 41.0 Å². The van der Waals surface area contributed by atoms with Crippen LogP contribution in [-0.2, 0) is 20.8 Å². The second-order valence-electron chi connectivity index (χ2n) is 6.43. The maximum atomic E-state index is 12.2. The number of carbonyl (C=O) groups excluding carboxylic acids is 2. The van der Waals surface area contributed by atoms with Crippen molar-refractivity contribution in [3.63, 3.8) is 0 Å². The number of hydrogen-bond acceptors (Lipinski definition) is 3. The van der Waals surface area contributed by atoms with Crippen molar-refractivity contribution in [3.8, 4) is 0 Å². The van der Waals surface area contributed by atoms with E-state index in [4.69, 9.17) is 28.3 Å². The first-order chi connectivity index (χ1) is 11.0. The predicted octanol–water partition coefficient (Wildman–Crippen LogP) is 2.27.